The zero-order valence-corrected chi connectivity index (χ0v) is 9.57. The average molecular weight is 309 g/mol. The molecule has 0 heterocycles. The second-order valence-corrected chi connectivity index (χ2v) is 3.70. The van der Waals surface area contributed by atoms with Crippen LogP contribution in [0.4, 0.5) is 5.69 Å². The molecule has 0 amide bonds. The molecule has 13 heavy (non-hydrogen) atoms. The van der Waals surface area contributed by atoms with Gasteiger partial charge in [-0.2, -0.15) is 0 Å². The summed E-state index contributed by atoms with van der Waals surface area (Å²) in [6.45, 7) is 0. The van der Waals surface area contributed by atoms with Crippen LogP contribution in [0.1, 0.15) is 0 Å². The van der Waals surface area contributed by atoms with Gasteiger partial charge in [0.05, 0.1) is 17.8 Å². The van der Waals surface area contributed by atoms with Crippen LogP contribution in [0.5, 0.6) is 5.75 Å². The van der Waals surface area contributed by atoms with E-state index in [2.05, 4.69) is 10.0 Å². The van der Waals surface area contributed by atoms with Crippen molar-refractivity contribution in [2.24, 2.45) is 5.11 Å². The second-order valence-electron chi connectivity index (χ2n) is 2.13. The molecule has 0 unspecified atom stereocenters. The Balaban J connectivity index is 3.29. The summed E-state index contributed by atoms with van der Waals surface area (Å²) in [6.07, 6.45) is 0. The van der Waals surface area contributed by atoms with Gasteiger partial charge in [0.1, 0.15) is 5.75 Å². The number of rotatable bonds is 2. The number of azide groups is 1. The van der Waals surface area contributed by atoms with Crippen LogP contribution < -0.4 is 4.74 Å². The average Bonchev–Trinajstić information content (AvgIpc) is 2.10. The van der Waals surface area contributed by atoms with E-state index in [1.807, 2.05) is 22.6 Å². The Hall–Kier alpha value is -0.650. The molecule has 1 rings (SSSR count). The van der Waals surface area contributed by atoms with Crippen LogP contribution in [0.15, 0.2) is 17.2 Å². The number of hydrogen-bond acceptors (Lipinski definition) is 2. The van der Waals surface area contributed by atoms with Crippen molar-refractivity contribution in [3.05, 3.63) is 31.2 Å². The lowest BCUT2D eigenvalue weighted by molar-refractivity contribution is 0.415. The number of hydrogen-bond donors (Lipinski definition) is 0. The first kappa shape index (κ1) is 10.4. The number of nitrogens with zero attached hydrogens (tertiary/aromatic N) is 3. The van der Waals surface area contributed by atoms with E-state index in [0.717, 1.165) is 3.57 Å². The van der Waals surface area contributed by atoms with E-state index in [0.29, 0.717) is 16.5 Å². The van der Waals surface area contributed by atoms with E-state index in [1.54, 1.807) is 12.1 Å². The van der Waals surface area contributed by atoms with Crippen molar-refractivity contribution in [2.75, 3.05) is 7.11 Å². The van der Waals surface area contributed by atoms with Gasteiger partial charge in [-0.3, -0.25) is 0 Å². The van der Waals surface area contributed by atoms with Gasteiger partial charge in [0.15, 0.2) is 0 Å². The Morgan fingerprint density at radius 2 is 2.31 bits per heavy atom. The van der Waals surface area contributed by atoms with Gasteiger partial charge in [0.2, 0.25) is 0 Å². The molecule has 4 nitrogen and oxygen atoms in total. The normalized spacial score (nSPS) is 9.15. The minimum absolute atomic E-state index is 0.504. The van der Waals surface area contributed by atoms with Gasteiger partial charge < -0.3 is 4.74 Å². The fraction of sp³-hybridized carbons (Fsp3) is 0.143. The van der Waals surface area contributed by atoms with E-state index < -0.39 is 0 Å². The van der Waals surface area contributed by atoms with Crippen LogP contribution >= 0.6 is 34.2 Å². The molecule has 0 saturated heterocycles. The minimum atomic E-state index is 0.504. The van der Waals surface area contributed by atoms with Crippen molar-refractivity contribution in [3.63, 3.8) is 0 Å². The van der Waals surface area contributed by atoms with Gasteiger partial charge in [-0.05, 0) is 40.3 Å². The Morgan fingerprint density at radius 3 is 2.85 bits per heavy atom. The van der Waals surface area contributed by atoms with Gasteiger partial charge in [0.25, 0.3) is 0 Å². The molecule has 0 aliphatic carbocycles. The summed E-state index contributed by atoms with van der Waals surface area (Å²) in [6, 6.07) is 3.29. The van der Waals surface area contributed by atoms with Crippen molar-refractivity contribution in [2.45, 2.75) is 0 Å². The Morgan fingerprint density at radius 1 is 1.62 bits per heavy atom. The molecule has 0 fully saturated rings. The van der Waals surface area contributed by atoms with Crippen molar-refractivity contribution in [3.8, 4) is 5.75 Å². The molecule has 1 aromatic carbocycles. The predicted molar refractivity (Wildman–Crippen MR) is 59.5 cm³/mol. The van der Waals surface area contributed by atoms with Crippen LogP contribution in [0.3, 0.4) is 0 Å². The first-order valence-electron chi connectivity index (χ1n) is 3.27. The SMILES string of the molecule is COc1cc(N=[N+]=[N-])c(I)cc1Cl. The number of halogens is 2. The van der Waals surface area contributed by atoms with E-state index >= 15 is 0 Å². The summed E-state index contributed by atoms with van der Waals surface area (Å²) in [7, 11) is 1.51. The standard InChI is InChI=1S/C7H5ClIN3O/c1-13-7-3-6(11-12-10)5(9)2-4(7)8/h2-3H,1H3. The van der Waals surface area contributed by atoms with Gasteiger partial charge in [0, 0.05) is 8.48 Å². The van der Waals surface area contributed by atoms with Crippen LogP contribution in [-0.4, -0.2) is 7.11 Å². The molecule has 0 saturated carbocycles. The molecule has 6 heteroatoms. The van der Waals surface area contributed by atoms with Crippen molar-refractivity contribution < 1.29 is 4.74 Å². The fourth-order valence-corrected chi connectivity index (χ4v) is 1.80. The topological polar surface area (TPSA) is 58.0 Å². The molecule has 1 aromatic rings. The Bertz CT molecular complexity index is 376. The van der Waals surface area contributed by atoms with Crippen molar-refractivity contribution in [1.29, 1.82) is 0 Å². The molecule has 0 atom stereocenters. The van der Waals surface area contributed by atoms with E-state index in [4.69, 9.17) is 21.9 Å². The van der Waals surface area contributed by atoms with Gasteiger partial charge in [-0.25, -0.2) is 0 Å². The van der Waals surface area contributed by atoms with Crippen LogP contribution in [-0.2, 0) is 0 Å². The highest BCUT2D eigenvalue weighted by Gasteiger charge is 2.05. The maximum absolute atomic E-state index is 8.26. The summed E-state index contributed by atoms with van der Waals surface area (Å²) in [5.41, 5.74) is 8.78. The molecular weight excluding hydrogens is 304 g/mol. The van der Waals surface area contributed by atoms with Crippen molar-refractivity contribution in [1.82, 2.24) is 0 Å². The Kier molecular flexibility index (Phi) is 3.65. The Labute approximate surface area is 93.6 Å². The number of ether oxygens (including phenoxy) is 1. The summed E-state index contributed by atoms with van der Waals surface area (Å²) in [4.78, 5) is 2.69. The third-order valence-electron chi connectivity index (χ3n) is 1.37. The summed E-state index contributed by atoms with van der Waals surface area (Å²) < 4.78 is 5.76. The third-order valence-corrected chi connectivity index (χ3v) is 2.53. The lowest BCUT2D eigenvalue weighted by atomic mass is 10.3. The third kappa shape index (κ3) is 2.40. The molecule has 0 bridgehead atoms. The zero-order chi connectivity index (χ0) is 9.84. The predicted octanol–water partition coefficient (Wildman–Crippen LogP) is 3.90. The molecule has 0 N–H and O–H groups in total. The zero-order valence-electron chi connectivity index (χ0n) is 6.66. The number of benzene rings is 1. The lowest BCUT2D eigenvalue weighted by Gasteiger charge is -2.04. The summed E-state index contributed by atoms with van der Waals surface area (Å²) in [5.74, 6) is 0.504. The maximum Gasteiger partial charge on any atom is 0.137 e. The molecule has 0 aliphatic rings. The lowest BCUT2D eigenvalue weighted by Crippen LogP contribution is -1.84. The highest BCUT2D eigenvalue weighted by molar-refractivity contribution is 14.1. The van der Waals surface area contributed by atoms with Gasteiger partial charge in [-0.1, -0.05) is 16.7 Å². The second kappa shape index (κ2) is 4.55. The van der Waals surface area contributed by atoms with Gasteiger partial charge in [-0.15, -0.1) is 0 Å². The molecular formula is C7H5ClIN3O. The maximum atomic E-state index is 8.26. The van der Waals surface area contributed by atoms with Crippen LogP contribution in [0.25, 0.3) is 10.4 Å². The summed E-state index contributed by atoms with van der Waals surface area (Å²) >= 11 is 7.87. The van der Waals surface area contributed by atoms with E-state index in [9.17, 15) is 0 Å². The molecule has 0 radical (unpaired) electrons. The molecule has 68 valence electrons. The highest BCUT2D eigenvalue weighted by atomic mass is 127. The highest BCUT2D eigenvalue weighted by Crippen LogP contribution is 2.33. The minimum Gasteiger partial charge on any atom is -0.495 e. The van der Waals surface area contributed by atoms with Gasteiger partial charge >= 0.3 is 0 Å². The van der Waals surface area contributed by atoms with Crippen LogP contribution in [0, 0.1) is 3.57 Å². The molecule has 0 spiro atoms. The monoisotopic (exact) mass is 309 g/mol. The molecule has 0 aliphatic heterocycles. The smallest absolute Gasteiger partial charge is 0.137 e. The fourth-order valence-electron chi connectivity index (χ4n) is 0.800. The largest absolute Gasteiger partial charge is 0.495 e. The first-order valence-corrected chi connectivity index (χ1v) is 4.73. The van der Waals surface area contributed by atoms with E-state index in [-0.39, 0.29) is 0 Å². The quantitative estimate of drug-likeness (QED) is 0.354. The number of methoxy groups -OCH3 is 1. The molecule has 0 aromatic heterocycles. The van der Waals surface area contributed by atoms with Crippen LogP contribution in [0.2, 0.25) is 5.02 Å². The van der Waals surface area contributed by atoms with E-state index in [1.165, 1.54) is 7.11 Å². The first-order chi connectivity index (χ1) is 6.19. The summed E-state index contributed by atoms with van der Waals surface area (Å²) in [5, 5.41) is 3.99. The van der Waals surface area contributed by atoms with Crippen molar-refractivity contribution >= 4 is 39.9 Å².